The van der Waals surface area contributed by atoms with Crippen molar-refractivity contribution in [2.45, 2.75) is 34.1 Å². The number of rotatable bonds is 1. The average molecular weight is 352 g/mol. The number of fused-ring (bicyclic) bond motifs is 8. The Bertz CT molecular complexity index is 1330. The highest BCUT2D eigenvalue weighted by Gasteiger charge is 2.17. The molecule has 0 N–H and O–H groups in total. The lowest BCUT2D eigenvalue weighted by molar-refractivity contribution is 0.407. The molecule has 0 radical (unpaired) electrons. The van der Waals surface area contributed by atoms with E-state index in [2.05, 4.69) is 92.9 Å². The van der Waals surface area contributed by atoms with Crippen LogP contribution in [0.1, 0.15) is 32.0 Å². The van der Waals surface area contributed by atoms with E-state index >= 15 is 0 Å². The zero-order valence-electron chi connectivity index (χ0n) is 16.4. The molecule has 2 aromatic heterocycles. The highest BCUT2D eigenvalue weighted by Crippen LogP contribution is 2.35. The third-order valence-electron chi connectivity index (χ3n) is 5.32. The van der Waals surface area contributed by atoms with Crippen molar-refractivity contribution in [1.29, 1.82) is 0 Å². The van der Waals surface area contributed by atoms with Crippen LogP contribution in [-0.4, -0.2) is 9.38 Å². The molecule has 2 heteroatoms. The van der Waals surface area contributed by atoms with Crippen LogP contribution in [0.2, 0.25) is 0 Å². The minimum absolute atomic E-state index is 0.215. The fourth-order valence-electron chi connectivity index (χ4n) is 4.24. The number of aryl methyl sites for hydroxylation is 1. The van der Waals surface area contributed by atoms with Crippen molar-refractivity contribution in [2.75, 3.05) is 0 Å². The molecule has 5 aromatic rings. The lowest BCUT2D eigenvalue weighted by atomic mass is 9.91. The largest absolute Gasteiger partial charge is 0.299 e. The second-order valence-electron chi connectivity index (χ2n) is 8.89. The van der Waals surface area contributed by atoms with Gasteiger partial charge in [-0.15, -0.1) is 0 Å². The summed E-state index contributed by atoms with van der Waals surface area (Å²) < 4.78 is 2.28. The van der Waals surface area contributed by atoms with Crippen molar-refractivity contribution in [3.8, 4) is 0 Å². The van der Waals surface area contributed by atoms with Crippen molar-refractivity contribution in [1.82, 2.24) is 9.38 Å². The molecule has 2 heterocycles. The first-order chi connectivity index (χ1) is 12.9. The number of pyridine rings is 1. The number of aromatic nitrogens is 2. The van der Waals surface area contributed by atoms with Crippen LogP contribution in [0, 0.1) is 12.3 Å². The summed E-state index contributed by atoms with van der Waals surface area (Å²) in [5.41, 5.74) is 4.95. The summed E-state index contributed by atoms with van der Waals surface area (Å²) in [4.78, 5) is 5.07. The van der Waals surface area contributed by atoms with Gasteiger partial charge in [0, 0.05) is 22.4 Å². The van der Waals surface area contributed by atoms with Crippen LogP contribution < -0.4 is 0 Å². The number of nitrogens with zero attached hydrogens (tertiary/aromatic N) is 2. The molecule has 0 aliphatic carbocycles. The van der Waals surface area contributed by atoms with Gasteiger partial charge >= 0.3 is 0 Å². The molecule has 134 valence electrons. The average Bonchev–Trinajstić information content (AvgIpc) is 3.02. The Labute approximate surface area is 159 Å². The Morgan fingerprint density at radius 2 is 1.70 bits per heavy atom. The summed E-state index contributed by atoms with van der Waals surface area (Å²) in [6.45, 7) is 8.97. The second-order valence-corrected chi connectivity index (χ2v) is 8.89. The van der Waals surface area contributed by atoms with Gasteiger partial charge in [-0.25, -0.2) is 4.98 Å². The first-order valence-electron chi connectivity index (χ1n) is 9.62. The minimum atomic E-state index is 0.215. The number of imidazole rings is 1. The summed E-state index contributed by atoms with van der Waals surface area (Å²) in [6, 6.07) is 19.9. The molecular formula is C25H24N2. The summed E-state index contributed by atoms with van der Waals surface area (Å²) in [6.07, 6.45) is 3.20. The molecule has 0 aliphatic heterocycles. The predicted molar refractivity (Wildman–Crippen MR) is 116 cm³/mol. The molecule has 2 nitrogen and oxygen atoms in total. The van der Waals surface area contributed by atoms with Crippen LogP contribution in [0.15, 0.2) is 60.8 Å². The maximum absolute atomic E-state index is 5.07. The van der Waals surface area contributed by atoms with E-state index in [0.717, 1.165) is 17.8 Å². The van der Waals surface area contributed by atoms with E-state index in [0.29, 0.717) is 0 Å². The molecule has 0 fully saturated rings. The molecule has 0 aliphatic rings. The Balaban J connectivity index is 2.00. The van der Waals surface area contributed by atoms with Gasteiger partial charge < -0.3 is 0 Å². The van der Waals surface area contributed by atoms with E-state index in [4.69, 9.17) is 4.98 Å². The van der Waals surface area contributed by atoms with Gasteiger partial charge in [0.25, 0.3) is 0 Å². The first kappa shape index (κ1) is 16.3. The Morgan fingerprint density at radius 3 is 2.52 bits per heavy atom. The molecule has 0 atom stereocenters. The van der Waals surface area contributed by atoms with Crippen LogP contribution in [-0.2, 0) is 6.42 Å². The summed E-state index contributed by atoms with van der Waals surface area (Å²) >= 11 is 0. The van der Waals surface area contributed by atoms with Gasteiger partial charge in [-0.05, 0) is 47.7 Å². The van der Waals surface area contributed by atoms with E-state index in [1.807, 2.05) is 0 Å². The van der Waals surface area contributed by atoms with Crippen molar-refractivity contribution in [2.24, 2.45) is 5.41 Å². The monoisotopic (exact) mass is 352 g/mol. The molecule has 0 bridgehead atoms. The van der Waals surface area contributed by atoms with Crippen LogP contribution in [0.5, 0.6) is 0 Å². The standard InChI is InChI=1S/C25H24N2/c1-16-9-12-22-21(13-16)23-19-8-6-5-7-17(19)10-11-20(23)24-26-18(15-27(22)24)14-25(2,3)4/h5-13,15H,14H2,1-4H3. The third kappa shape index (κ3) is 2.59. The fraction of sp³-hybridized carbons (Fsp3) is 0.240. The second kappa shape index (κ2) is 5.56. The lowest BCUT2D eigenvalue weighted by Gasteiger charge is -2.15. The zero-order chi connectivity index (χ0) is 18.8. The van der Waals surface area contributed by atoms with Gasteiger partial charge in [-0.1, -0.05) is 62.7 Å². The highest BCUT2D eigenvalue weighted by atomic mass is 15.0. The molecule has 27 heavy (non-hydrogen) atoms. The molecular weight excluding hydrogens is 328 g/mol. The van der Waals surface area contributed by atoms with Crippen molar-refractivity contribution >= 4 is 38.1 Å². The lowest BCUT2D eigenvalue weighted by Crippen LogP contribution is -2.09. The maximum atomic E-state index is 5.07. The minimum Gasteiger partial charge on any atom is -0.299 e. The van der Waals surface area contributed by atoms with Crippen LogP contribution in [0.3, 0.4) is 0 Å². The maximum Gasteiger partial charge on any atom is 0.145 e. The Kier molecular flexibility index (Phi) is 3.36. The molecule has 5 rings (SSSR count). The molecule has 0 saturated heterocycles. The predicted octanol–water partition coefficient (Wildman–Crippen LogP) is 6.69. The van der Waals surface area contributed by atoms with E-state index in [-0.39, 0.29) is 5.41 Å². The molecule has 0 unspecified atom stereocenters. The Morgan fingerprint density at radius 1 is 0.889 bits per heavy atom. The molecule has 0 amide bonds. The number of hydrogen-bond donors (Lipinski definition) is 0. The first-order valence-corrected chi connectivity index (χ1v) is 9.62. The molecule has 0 saturated carbocycles. The van der Waals surface area contributed by atoms with Gasteiger partial charge in [0.15, 0.2) is 0 Å². The quantitative estimate of drug-likeness (QED) is 0.307. The number of hydrogen-bond acceptors (Lipinski definition) is 1. The summed E-state index contributed by atoms with van der Waals surface area (Å²) in [7, 11) is 0. The normalized spacial score (nSPS) is 12.6. The smallest absolute Gasteiger partial charge is 0.145 e. The highest BCUT2D eigenvalue weighted by molar-refractivity contribution is 6.23. The van der Waals surface area contributed by atoms with Crippen molar-refractivity contribution in [3.63, 3.8) is 0 Å². The number of benzene rings is 3. The summed E-state index contributed by atoms with van der Waals surface area (Å²) in [5, 5.41) is 6.42. The van der Waals surface area contributed by atoms with Gasteiger partial charge in [0.2, 0.25) is 0 Å². The van der Waals surface area contributed by atoms with Crippen molar-refractivity contribution in [3.05, 3.63) is 72.1 Å². The SMILES string of the molecule is Cc1ccc2c(c1)c1c3ccccc3ccc1c1nc(CC(C)(C)C)cn21. The van der Waals surface area contributed by atoms with Crippen LogP contribution in [0.4, 0.5) is 0 Å². The zero-order valence-corrected chi connectivity index (χ0v) is 16.4. The van der Waals surface area contributed by atoms with E-state index in [9.17, 15) is 0 Å². The van der Waals surface area contributed by atoms with Gasteiger partial charge in [-0.3, -0.25) is 4.40 Å². The van der Waals surface area contributed by atoms with Crippen LogP contribution in [0.25, 0.3) is 38.1 Å². The van der Waals surface area contributed by atoms with Gasteiger partial charge in [0.1, 0.15) is 5.65 Å². The topological polar surface area (TPSA) is 17.3 Å². The van der Waals surface area contributed by atoms with E-state index < -0.39 is 0 Å². The van der Waals surface area contributed by atoms with E-state index in [1.165, 1.54) is 38.0 Å². The molecule has 3 aromatic carbocycles. The third-order valence-corrected chi connectivity index (χ3v) is 5.32. The van der Waals surface area contributed by atoms with Gasteiger partial charge in [-0.2, -0.15) is 0 Å². The fourth-order valence-corrected chi connectivity index (χ4v) is 4.24. The molecule has 0 spiro atoms. The Hall–Kier alpha value is -2.87. The van der Waals surface area contributed by atoms with E-state index in [1.54, 1.807) is 0 Å². The van der Waals surface area contributed by atoms with Crippen molar-refractivity contribution < 1.29 is 0 Å². The summed E-state index contributed by atoms with van der Waals surface area (Å²) in [5.74, 6) is 0. The van der Waals surface area contributed by atoms with Crippen LogP contribution >= 0.6 is 0 Å². The van der Waals surface area contributed by atoms with Gasteiger partial charge in [0.05, 0.1) is 11.2 Å².